The highest BCUT2D eigenvalue weighted by Crippen LogP contribution is 2.30. The molecule has 0 unspecified atom stereocenters. The van der Waals surface area contributed by atoms with Gasteiger partial charge in [-0.25, -0.2) is 9.37 Å². The van der Waals surface area contributed by atoms with Crippen molar-refractivity contribution >= 4 is 22.5 Å². The van der Waals surface area contributed by atoms with Crippen molar-refractivity contribution in [2.75, 3.05) is 13.1 Å². The van der Waals surface area contributed by atoms with Gasteiger partial charge >= 0.3 is 0 Å². The molecule has 0 aliphatic carbocycles. The van der Waals surface area contributed by atoms with Crippen LogP contribution in [0.3, 0.4) is 0 Å². The van der Waals surface area contributed by atoms with Crippen molar-refractivity contribution in [2.24, 2.45) is 5.41 Å². The van der Waals surface area contributed by atoms with Crippen LogP contribution in [-0.4, -0.2) is 33.3 Å². The molecule has 7 nitrogen and oxygen atoms in total. The van der Waals surface area contributed by atoms with Crippen LogP contribution in [-0.2, 0) is 13.1 Å². The number of hydrogen-bond acceptors (Lipinski definition) is 5. The van der Waals surface area contributed by atoms with E-state index in [1.165, 1.54) is 36.6 Å². The molecule has 0 spiro atoms. The Morgan fingerprint density at radius 3 is 2.76 bits per heavy atom. The van der Waals surface area contributed by atoms with Gasteiger partial charge in [-0.1, -0.05) is 26.0 Å². The van der Waals surface area contributed by atoms with Gasteiger partial charge in [-0.05, 0) is 55.1 Å². The quantitative estimate of drug-likeness (QED) is 0.482. The van der Waals surface area contributed by atoms with Gasteiger partial charge in [0.05, 0.1) is 12.2 Å². The Kier molecular flexibility index (Phi) is 5.69. The van der Waals surface area contributed by atoms with Gasteiger partial charge < -0.3 is 14.1 Å². The Bertz CT molecular complexity index is 1430. The molecule has 3 aromatic heterocycles. The van der Waals surface area contributed by atoms with Crippen LogP contribution in [0.1, 0.15) is 48.5 Å². The predicted molar refractivity (Wildman–Crippen MR) is 127 cm³/mol. The van der Waals surface area contributed by atoms with E-state index in [1.807, 2.05) is 16.7 Å². The third-order valence-corrected chi connectivity index (χ3v) is 6.54. The number of imidazole rings is 1. The predicted octanol–water partition coefficient (Wildman–Crippen LogP) is 4.13. The summed E-state index contributed by atoms with van der Waals surface area (Å²) in [5, 5.41) is 2.56. The fourth-order valence-electron chi connectivity index (χ4n) is 4.38. The van der Waals surface area contributed by atoms with Gasteiger partial charge in [0.15, 0.2) is 11.2 Å². The molecule has 0 bridgehead atoms. The molecule has 34 heavy (non-hydrogen) atoms. The number of nitrogens with one attached hydrogen (secondary N) is 1. The molecule has 1 aromatic carbocycles. The lowest BCUT2D eigenvalue weighted by atomic mass is 9.82. The van der Waals surface area contributed by atoms with Crippen LogP contribution in [0.5, 0.6) is 0 Å². The monoisotopic (exact) mass is 462 g/mol. The number of rotatable bonds is 5. The van der Waals surface area contributed by atoms with Crippen LogP contribution >= 0.6 is 0 Å². The summed E-state index contributed by atoms with van der Waals surface area (Å²) in [6, 6.07) is 9.15. The molecule has 8 heteroatoms. The van der Waals surface area contributed by atoms with Crippen LogP contribution in [0.4, 0.5) is 4.39 Å². The van der Waals surface area contributed by atoms with Crippen LogP contribution in [0.25, 0.3) is 16.6 Å². The third kappa shape index (κ3) is 4.59. The third-order valence-electron chi connectivity index (χ3n) is 6.54. The first-order valence-electron chi connectivity index (χ1n) is 11.5. The SMILES string of the molecule is CC1(C)CCN(Cc2ccc3nc(CNC(=O)c4cc(=O)c5c(F)cccc5o4)cn3c2)CC1. The Balaban J connectivity index is 1.26. The minimum Gasteiger partial charge on any atom is -0.451 e. The Hall–Kier alpha value is -3.52. The van der Waals surface area contributed by atoms with Gasteiger partial charge in [-0.2, -0.15) is 0 Å². The number of carbonyl (C=O) groups is 1. The van der Waals surface area contributed by atoms with E-state index >= 15 is 0 Å². The van der Waals surface area contributed by atoms with E-state index in [9.17, 15) is 14.0 Å². The Morgan fingerprint density at radius 2 is 1.97 bits per heavy atom. The first kappa shape index (κ1) is 22.3. The molecule has 0 saturated carbocycles. The van der Waals surface area contributed by atoms with Crippen molar-refractivity contribution in [3.05, 3.63) is 81.9 Å². The second kappa shape index (κ2) is 8.68. The van der Waals surface area contributed by atoms with Crippen molar-refractivity contribution in [3.8, 4) is 0 Å². The Labute approximate surface area is 196 Å². The highest BCUT2D eigenvalue weighted by atomic mass is 19.1. The number of likely N-dealkylation sites (tertiary alicyclic amines) is 1. The maximum atomic E-state index is 13.9. The average molecular weight is 463 g/mol. The van der Waals surface area contributed by atoms with Crippen LogP contribution in [0, 0.1) is 11.2 Å². The molecule has 0 atom stereocenters. The molecule has 1 aliphatic heterocycles. The zero-order valence-electron chi connectivity index (χ0n) is 19.3. The Morgan fingerprint density at radius 1 is 1.18 bits per heavy atom. The molecule has 176 valence electrons. The lowest BCUT2D eigenvalue weighted by molar-refractivity contribution is 0.0923. The van der Waals surface area contributed by atoms with Crippen molar-refractivity contribution in [3.63, 3.8) is 0 Å². The second-order valence-electron chi connectivity index (χ2n) is 9.75. The molecule has 5 rings (SSSR count). The van der Waals surface area contributed by atoms with Gasteiger partial charge in [-0.15, -0.1) is 0 Å². The maximum absolute atomic E-state index is 13.9. The van der Waals surface area contributed by atoms with Crippen molar-refractivity contribution in [2.45, 2.75) is 39.8 Å². The molecular formula is C26H27FN4O3. The van der Waals surface area contributed by atoms with Gasteiger partial charge in [0.25, 0.3) is 5.91 Å². The summed E-state index contributed by atoms with van der Waals surface area (Å²) in [7, 11) is 0. The fraction of sp³-hybridized carbons (Fsp3) is 0.346. The number of carbonyl (C=O) groups excluding carboxylic acids is 1. The number of hydrogen-bond donors (Lipinski definition) is 1. The van der Waals surface area contributed by atoms with Crippen molar-refractivity contribution in [1.29, 1.82) is 0 Å². The molecule has 1 saturated heterocycles. The summed E-state index contributed by atoms with van der Waals surface area (Å²) in [6.07, 6.45) is 6.36. The highest BCUT2D eigenvalue weighted by Gasteiger charge is 2.25. The van der Waals surface area contributed by atoms with Crippen molar-refractivity contribution in [1.82, 2.24) is 19.6 Å². The zero-order chi connectivity index (χ0) is 23.9. The molecule has 4 aromatic rings. The zero-order valence-corrected chi connectivity index (χ0v) is 19.3. The summed E-state index contributed by atoms with van der Waals surface area (Å²) in [4.78, 5) is 31.8. The minimum absolute atomic E-state index is 0.0372. The summed E-state index contributed by atoms with van der Waals surface area (Å²) >= 11 is 0. The number of halogens is 1. The van der Waals surface area contributed by atoms with Crippen molar-refractivity contribution < 1.29 is 13.6 Å². The van der Waals surface area contributed by atoms with Gasteiger partial charge in [0.1, 0.15) is 22.4 Å². The largest absolute Gasteiger partial charge is 0.451 e. The van der Waals surface area contributed by atoms with Crippen LogP contribution in [0.2, 0.25) is 0 Å². The summed E-state index contributed by atoms with van der Waals surface area (Å²) in [6.45, 7) is 7.93. The number of piperidine rings is 1. The van der Waals surface area contributed by atoms with E-state index in [1.54, 1.807) is 0 Å². The van der Waals surface area contributed by atoms with Gasteiger partial charge in [0, 0.05) is 25.0 Å². The van der Waals surface area contributed by atoms with Crippen LogP contribution in [0.15, 0.2) is 58.0 Å². The normalized spacial score (nSPS) is 16.2. The number of nitrogens with zero attached hydrogens (tertiary/aromatic N) is 3. The number of pyridine rings is 1. The number of amides is 1. The molecule has 1 aliphatic rings. The molecule has 1 N–H and O–H groups in total. The standard InChI is InChI=1S/C26H27FN4O3/c1-26(2)8-10-30(11-9-26)14-17-6-7-23-29-18(16-31(23)15-17)13-28-25(33)22-12-20(32)24-19(27)4-3-5-21(24)34-22/h3-7,12,15-16H,8-11,13-14H2,1-2H3,(H,28,33). The fourth-order valence-corrected chi connectivity index (χ4v) is 4.38. The van der Waals surface area contributed by atoms with Gasteiger partial charge in [0.2, 0.25) is 0 Å². The van der Waals surface area contributed by atoms with E-state index in [-0.39, 0.29) is 23.3 Å². The topological polar surface area (TPSA) is 79.8 Å². The second-order valence-corrected chi connectivity index (χ2v) is 9.75. The summed E-state index contributed by atoms with van der Waals surface area (Å²) in [5.41, 5.74) is 2.55. The molecule has 1 amide bonds. The number of fused-ring (bicyclic) bond motifs is 2. The molecule has 4 heterocycles. The lowest BCUT2D eigenvalue weighted by Gasteiger charge is -2.36. The summed E-state index contributed by atoms with van der Waals surface area (Å²) < 4.78 is 21.3. The highest BCUT2D eigenvalue weighted by molar-refractivity contribution is 5.93. The van der Waals surface area contributed by atoms with E-state index < -0.39 is 17.2 Å². The summed E-state index contributed by atoms with van der Waals surface area (Å²) in [5.74, 6) is -1.40. The number of aromatic nitrogens is 2. The lowest BCUT2D eigenvalue weighted by Crippen LogP contribution is -2.36. The number of benzene rings is 1. The van der Waals surface area contributed by atoms with E-state index in [0.717, 1.165) is 31.3 Å². The van der Waals surface area contributed by atoms with E-state index in [2.05, 4.69) is 41.3 Å². The van der Waals surface area contributed by atoms with Crippen LogP contribution < -0.4 is 10.7 Å². The molecule has 1 fully saturated rings. The van der Waals surface area contributed by atoms with E-state index in [4.69, 9.17) is 4.42 Å². The first-order valence-corrected chi connectivity index (χ1v) is 11.5. The molecular weight excluding hydrogens is 435 g/mol. The van der Waals surface area contributed by atoms with Gasteiger partial charge in [-0.3, -0.25) is 14.5 Å². The smallest absolute Gasteiger partial charge is 0.287 e. The van der Waals surface area contributed by atoms with E-state index in [0.29, 0.717) is 11.1 Å². The first-order chi connectivity index (χ1) is 16.3. The molecule has 0 radical (unpaired) electrons. The average Bonchev–Trinajstić information content (AvgIpc) is 3.21. The maximum Gasteiger partial charge on any atom is 0.287 e. The minimum atomic E-state index is -0.675.